The lowest BCUT2D eigenvalue weighted by Crippen LogP contribution is -2.42. The van der Waals surface area contributed by atoms with Crippen LogP contribution in [0.15, 0.2) is 23.1 Å². The number of rotatable bonds is 5. The van der Waals surface area contributed by atoms with Crippen LogP contribution in [0.3, 0.4) is 0 Å². The molecule has 0 spiro atoms. The molecule has 1 saturated heterocycles. The smallest absolute Gasteiger partial charge is 0.315 e. The van der Waals surface area contributed by atoms with Gasteiger partial charge in [-0.3, -0.25) is 0 Å². The Bertz CT molecular complexity index is 662. The third kappa shape index (κ3) is 4.76. The molecule has 1 aromatic carbocycles. The number of nitrogens with one attached hydrogen (secondary N) is 1. The summed E-state index contributed by atoms with van der Waals surface area (Å²) in [4.78, 5) is -0.419. The minimum atomic E-state index is -4.65. The Hall–Kier alpha value is -0.540. The average Bonchev–Trinajstić information content (AvgIpc) is 2.96. The van der Waals surface area contributed by atoms with Gasteiger partial charge in [0.25, 0.3) is 0 Å². The molecule has 0 radical (unpaired) electrons. The summed E-state index contributed by atoms with van der Waals surface area (Å²) in [6.45, 7) is 3.25. The summed E-state index contributed by atoms with van der Waals surface area (Å²) in [7, 11) is -4.04. The van der Waals surface area contributed by atoms with Crippen molar-refractivity contribution in [2.45, 2.75) is 36.9 Å². The highest BCUT2D eigenvalue weighted by Crippen LogP contribution is 2.34. The van der Waals surface area contributed by atoms with E-state index in [1.807, 2.05) is 6.92 Å². The first-order valence-electron chi connectivity index (χ1n) is 7.26. The van der Waals surface area contributed by atoms with Crippen molar-refractivity contribution in [1.29, 1.82) is 0 Å². The van der Waals surface area contributed by atoms with Gasteiger partial charge in [-0.15, -0.1) is 12.4 Å². The van der Waals surface area contributed by atoms with Crippen LogP contribution in [0.5, 0.6) is 0 Å². The third-order valence-electron chi connectivity index (χ3n) is 3.69. The number of nitrogens with zero attached hydrogens (tertiary/aromatic N) is 1. The molecular formula is C14H19Cl2F3N2O2S. The van der Waals surface area contributed by atoms with Crippen molar-refractivity contribution >= 4 is 34.0 Å². The van der Waals surface area contributed by atoms with Crippen molar-refractivity contribution in [3.05, 3.63) is 28.8 Å². The first-order valence-corrected chi connectivity index (χ1v) is 9.08. The summed E-state index contributed by atoms with van der Waals surface area (Å²) in [5.41, 5.74) is -1.07. The molecule has 0 saturated carbocycles. The summed E-state index contributed by atoms with van der Waals surface area (Å²) in [5.74, 6) is 0. The number of benzene rings is 1. The maximum Gasteiger partial charge on any atom is 0.416 e. The second-order valence-electron chi connectivity index (χ2n) is 5.44. The van der Waals surface area contributed by atoms with Gasteiger partial charge in [-0.25, -0.2) is 8.42 Å². The van der Waals surface area contributed by atoms with Gasteiger partial charge in [0.15, 0.2) is 0 Å². The molecule has 2 rings (SSSR count). The molecule has 138 valence electrons. The molecule has 0 aromatic heterocycles. The molecule has 1 atom stereocenters. The van der Waals surface area contributed by atoms with Crippen LogP contribution in [-0.2, 0) is 16.2 Å². The molecule has 10 heteroatoms. The minimum absolute atomic E-state index is 0. The number of hydrogen-bond donors (Lipinski definition) is 1. The lowest BCUT2D eigenvalue weighted by Gasteiger charge is -2.27. The molecular weight excluding hydrogens is 388 g/mol. The zero-order valence-corrected chi connectivity index (χ0v) is 15.3. The van der Waals surface area contributed by atoms with Gasteiger partial charge in [0.05, 0.1) is 10.5 Å². The number of hydrogen-bond acceptors (Lipinski definition) is 3. The number of alkyl halides is 3. The van der Waals surface area contributed by atoms with Crippen molar-refractivity contribution in [2.75, 3.05) is 19.6 Å². The van der Waals surface area contributed by atoms with Gasteiger partial charge in [-0.1, -0.05) is 18.5 Å². The Morgan fingerprint density at radius 2 is 2.00 bits per heavy atom. The second kappa shape index (κ2) is 8.23. The van der Waals surface area contributed by atoms with Crippen LogP contribution in [-0.4, -0.2) is 38.4 Å². The molecule has 1 aliphatic heterocycles. The van der Waals surface area contributed by atoms with Crippen molar-refractivity contribution in [1.82, 2.24) is 9.62 Å². The van der Waals surface area contributed by atoms with Crippen LogP contribution in [0.4, 0.5) is 13.2 Å². The fourth-order valence-electron chi connectivity index (χ4n) is 2.62. The van der Waals surface area contributed by atoms with E-state index in [2.05, 4.69) is 5.32 Å². The van der Waals surface area contributed by atoms with Crippen molar-refractivity contribution in [3.63, 3.8) is 0 Å². The lowest BCUT2D eigenvalue weighted by atomic mass is 10.2. The van der Waals surface area contributed by atoms with E-state index in [1.54, 1.807) is 0 Å². The van der Waals surface area contributed by atoms with E-state index in [-0.39, 0.29) is 30.0 Å². The normalized spacial score (nSPS) is 18.7. The number of halogens is 5. The van der Waals surface area contributed by atoms with E-state index in [9.17, 15) is 21.6 Å². The van der Waals surface area contributed by atoms with E-state index in [0.717, 1.165) is 12.1 Å². The fourth-order valence-corrected chi connectivity index (χ4v) is 4.73. The Balaban J connectivity index is 0.00000288. The van der Waals surface area contributed by atoms with Crippen LogP contribution in [0.25, 0.3) is 0 Å². The second-order valence-corrected chi connectivity index (χ2v) is 7.76. The van der Waals surface area contributed by atoms with Gasteiger partial charge in [-0.05, 0) is 37.6 Å². The summed E-state index contributed by atoms with van der Waals surface area (Å²) in [5, 5.41) is 2.82. The highest BCUT2D eigenvalue weighted by molar-refractivity contribution is 7.89. The molecule has 0 aliphatic carbocycles. The van der Waals surface area contributed by atoms with Crippen molar-refractivity contribution < 1.29 is 21.6 Å². The summed E-state index contributed by atoms with van der Waals surface area (Å²) < 4.78 is 65.6. The standard InChI is InChI=1S/C14H18ClF3N2O2S.ClH/c1-2-5-20(12-3-4-19-9-12)23(21,22)13-7-10(14(16,17)18)6-11(15)8-13;/h6-8,12,19H,2-5,9H2,1H3;1H. The van der Waals surface area contributed by atoms with Crippen LogP contribution in [0.1, 0.15) is 25.3 Å². The quantitative estimate of drug-likeness (QED) is 0.813. The van der Waals surface area contributed by atoms with Gasteiger partial charge < -0.3 is 5.32 Å². The third-order valence-corrected chi connectivity index (χ3v) is 5.84. The van der Waals surface area contributed by atoms with Gasteiger partial charge in [0.2, 0.25) is 10.0 Å². The van der Waals surface area contributed by atoms with Gasteiger partial charge in [-0.2, -0.15) is 17.5 Å². The first-order chi connectivity index (χ1) is 10.7. The number of sulfonamides is 1. The molecule has 0 bridgehead atoms. The molecule has 1 aromatic rings. The minimum Gasteiger partial charge on any atom is -0.315 e. The average molecular weight is 407 g/mol. The van der Waals surface area contributed by atoms with Crippen LogP contribution in [0, 0.1) is 0 Å². The monoisotopic (exact) mass is 406 g/mol. The van der Waals surface area contributed by atoms with Crippen LogP contribution in [0.2, 0.25) is 5.02 Å². The van der Waals surface area contributed by atoms with Gasteiger partial charge in [0.1, 0.15) is 0 Å². The predicted molar refractivity (Wildman–Crippen MR) is 89.2 cm³/mol. The summed E-state index contributed by atoms with van der Waals surface area (Å²) in [6, 6.07) is 2.18. The molecule has 1 N–H and O–H groups in total. The SMILES string of the molecule is CCCN(C1CCNC1)S(=O)(=O)c1cc(Cl)cc(C(F)(F)F)c1.Cl. The Morgan fingerprint density at radius 3 is 2.50 bits per heavy atom. The largest absolute Gasteiger partial charge is 0.416 e. The Kier molecular flexibility index (Phi) is 7.37. The zero-order valence-electron chi connectivity index (χ0n) is 12.9. The highest BCUT2D eigenvalue weighted by atomic mass is 35.5. The molecule has 4 nitrogen and oxygen atoms in total. The Labute approximate surface area is 150 Å². The van der Waals surface area contributed by atoms with Gasteiger partial charge in [0, 0.05) is 24.2 Å². The molecule has 1 aliphatic rings. The molecule has 1 heterocycles. The van der Waals surface area contributed by atoms with E-state index in [4.69, 9.17) is 11.6 Å². The maximum absolute atomic E-state index is 12.9. The van der Waals surface area contributed by atoms with Crippen molar-refractivity contribution in [3.8, 4) is 0 Å². The lowest BCUT2D eigenvalue weighted by molar-refractivity contribution is -0.137. The van der Waals surface area contributed by atoms with E-state index in [1.165, 1.54) is 4.31 Å². The Morgan fingerprint density at radius 1 is 1.33 bits per heavy atom. The van der Waals surface area contributed by atoms with Crippen molar-refractivity contribution in [2.24, 2.45) is 0 Å². The zero-order chi connectivity index (χ0) is 17.3. The maximum atomic E-state index is 12.9. The van der Waals surface area contributed by atoms with Crippen LogP contribution < -0.4 is 5.32 Å². The van der Waals surface area contributed by atoms with E-state index < -0.39 is 26.7 Å². The topological polar surface area (TPSA) is 49.4 Å². The predicted octanol–water partition coefficient (Wildman–Crippen LogP) is 3.54. The van der Waals surface area contributed by atoms with Crippen LogP contribution >= 0.6 is 24.0 Å². The molecule has 1 unspecified atom stereocenters. The molecule has 24 heavy (non-hydrogen) atoms. The molecule has 1 fully saturated rings. The van der Waals surface area contributed by atoms with Gasteiger partial charge >= 0.3 is 6.18 Å². The van der Waals surface area contributed by atoms with E-state index in [0.29, 0.717) is 32.0 Å². The van der Waals surface area contributed by atoms with E-state index >= 15 is 0 Å². The highest BCUT2D eigenvalue weighted by Gasteiger charge is 2.36. The molecule has 0 amide bonds. The summed E-state index contributed by atoms with van der Waals surface area (Å²) in [6.07, 6.45) is -3.45. The summed E-state index contributed by atoms with van der Waals surface area (Å²) >= 11 is 5.71. The first kappa shape index (κ1) is 21.5. The fraction of sp³-hybridized carbons (Fsp3) is 0.571.